The maximum Gasteiger partial charge on any atom is 0.306 e. The van der Waals surface area contributed by atoms with Gasteiger partial charge in [-0.1, -0.05) is 293 Å². The molecule has 0 N–H and O–H groups in total. The first-order chi connectivity index (χ1) is 38.5. The summed E-state index contributed by atoms with van der Waals surface area (Å²) in [5, 5.41) is 0. The van der Waals surface area contributed by atoms with Crippen LogP contribution in [0.25, 0.3) is 0 Å². The van der Waals surface area contributed by atoms with Crippen molar-refractivity contribution in [2.45, 2.75) is 367 Å². The lowest BCUT2D eigenvalue weighted by atomic mass is 10.0. The van der Waals surface area contributed by atoms with Crippen LogP contribution in [0.3, 0.4) is 0 Å². The number of carbonyl (C=O) groups excluding carboxylic acids is 3. The van der Waals surface area contributed by atoms with Gasteiger partial charge in [0.1, 0.15) is 13.2 Å². The van der Waals surface area contributed by atoms with E-state index in [0.717, 1.165) is 83.5 Å². The van der Waals surface area contributed by atoms with Crippen LogP contribution in [0.2, 0.25) is 0 Å². The maximum absolute atomic E-state index is 12.9. The van der Waals surface area contributed by atoms with E-state index in [1.807, 2.05) is 0 Å². The molecule has 0 saturated carbocycles. The Balaban J connectivity index is 4.11. The molecule has 6 nitrogen and oxygen atoms in total. The second-order valence-electron chi connectivity index (χ2n) is 23.1. The minimum atomic E-state index is -0.780. The van der Waals surface area contributed by atoms with Crippen molar-refractivity contribution in [3.05, 3.63) is 60.8 Å². The summed E-state index contributed by atoms with van der Waals surface area (Å²) in [4.78, 5) is 38.3. The predicted octanol–water partition coefficient (Wildman–Crippen LogP) is 23.5. The Labute approximate surface area is 485 Å². The van der Waals surface area contributed by atoms with Gasteiger partial charge in [0.25, 0.3) is 0 Å². The van der Waals surface area contributed by atoms with Gasteiger partial charge in [0.2, 0.25) is 0 Å². The second kappa shape index (κ2) is 66.6. The average molecular weight is 1090 g/mol. The number of rotatable bonds is 63. The summed E-state index contributed by atoms with van der Waals surface area (Å²) in [6, 6.07) is 0. The van der Waals surface area contributed by atoms with Gasteiger partial charge >= 0.3 is 17.9 Å². The molecule has 6 heteroatoms. The van der Waals surface area contributed by atoms with Gasteiger partial charge in [0.15, 0.2) is 6.10 Å². The van der Waals surface area contributed by atoms with E-state index in [1.54, 1.807) is 0 Å². The van der Waals surface area contributed by atoms with Crippen LogP contribution in [0, 0.1) is 0 Å². The van der Waals surface area contributed by atoms with Crippen molar-refractivity contribution in [1.82, 2.24) is 0 Å². The lowest BCUT2D eigenvalue weighted by molar-refractivity contribution is -0.167. The van der Waals surface area contributed by atoms with E-state index in [0.29, 0.717) is 19.3 Å². The zero-order valence-corrected chi connectivity index (χ0v) is 52.2. The van der Waals surface area contributed by atoms with Gasteiger partial charge < -0.3 is 14.2 Å². The Kier molecular flexibility index (Phi) is 64.2. The summed E-state index contributed by atoms with van der Waals surface area (Å²) in [5.41, 5.74) is 0. The van der Waals surface area contributed by atoms with Crippen molar-refractivity contribution in [3.63, 3.8) is 0 Å². The first-order valence-corrected chi connectivity index (χ1v) is 34.3. The average Bonchev–Trinajstić information content (AvgIpc) is 3.44. The molecule has 0 aromatic heterocycles. The van der Waals surface area contributed by atoms with E-state index < -0.39 is 6.10 Å². The molecule has 0 amide bonds. The predicted molar refractivity (Wildman–Crippen MR) is 339 cm³/mol. The van der Waals surface area contributed by atoms with Crippen molar-refractivity contribution >= 4 is 17.9 Å². The molecule has 0 radical (unpaired) electrons. The van der Waals surface area contributed by atoms with Crippen LogP contribution in [-0.2, 0) is 28.6 Å². The Hall–Kier alpha value is -2.89. The number of esters is 3. The lowest BCUT2D eigenvalue weighted by Crippen LogP contribution is -2.30. The monoisotopic (exact) mass is 1090 g/mol. The highest BCUT2D eigenvalue weighted by Gasteiger charge is 2.19. The van der Waals surface area contributed by atoms with E-state index in [1.165, 1.54) is 238 Å². The summed E-state index contributed by atoms with van der Waals surface area (Å²) < 4.78 is 16.9. The van der Waals surface area contributed by atoms with Gasteiger partial charge in [-0.25, -0.2) is 0 Å². The van der Waals surface area contributed by atoms with E-state index in [-0.39, 0.29) is 31.1 Å². The normalized spacial score (nSPS) is 12.4. The van der Waals surface area contributed by atoms with Crippen molar-refractivity contribution in [1.29, 1.82) is 0 Å². The highest BCUT2D eigenvalue weighted by molar-refractivity contribution is 5.71. The van der Waals surface area contributed by atoms with Gasteiger partial charge in [-0.3, -0.25) is 14.4 Å². The number of hydrogen-bond acceptors (Lipinski definition) is 6. The van der Waals surface area contributed by atoms with Gasteiger partial charge in [-0.15, -0.1) is 0 Å². The molecule has 0 rings (SSSR count). The van der Waals surface area contributed by atoms with E-state index in [9.17, 15) is 14.4 Å². The SMILES string of the molecule is CCCCCC/C=C\CCCCCCCC(=O)OCC(COC(=O)CCCCCCCCCCCCCCCCCCCC/C=C\C/C=C\C/C=C\CCCCCCC)OC(=O)CCCCCCC/C=C\CCCCCCC. The Morgan fingerprint density at radius 2 is 0.462 bits per heavy atom. The van der Waals surface area contributed by atoms with Crippen LogP contribution in [0.1, 0.15) is 361 Å². The van der Waals surface area contributed by atoms with E-state index >= 15 is 0 Å². The molecule has 1 unspecified atom stereocenters. The first kappa shape index (κ1) is 75.1. The van der Waals surface area contributed by atoms with Crippen LogP contribution in [0.5, 0.6) is 0 Å². The van der Waals surface area contributed by atoms with E-state index in [2.05, 4.69) is 81.5 Å². The number of hydrogen-bond donors (Lipinski definition) is 0. The summed E-state index contributed by atoms with van der Waals surface area (Å²) in [6.07, 6.45) is 85.4. The summed E-state index contributed by atoms with van der Waals surface area (Å²) in [6.45, 7) is 6.63. The molecular formula is C72H130O6. The quantitative estimate of drug-likeness (QED) is 0.0261. The van der Waals surface area contributed by atoms with Crippen LogP contribution >= 0.6 is 0 Å². The zero-order valence-electron chi connectivity index (χ0n) is 52.2. The van der Waals surface area contributed by atoms with E-state index in [4.69, 9.17) is 14.2 Å². The van der Waals surface area contributed by atoms with Gasteiger partial charge in [-0.05, 0) is 109 Å². The molecule has 0 fully saturated rings. The topological polar surface area (TPSA) is 78.9 Å². The molecule has 0 bridgehead atoms. The lowest BCUT2D eigenvalue weighted by Gasteiger charge is -2.18. The van der Waals surface area contributed by atoms with Crippen molar-refractivity contribution in [2.75, 3.05) is 13.2 Å². The van der Waals surface area contributed by atoms with Crippen molar-refractivity contribution < 1.29 is 28.6 Å². The van der Waals surface area contributed by atoms with Crippen molar-refractivity contribution in [3.8, 4) is 0 Å². The van der Waals surface area contributed by atoms with Crippen LogP contribution in [-0.4, -0.2) is 37.2 Å². The fraction of sp³-hybridized carbons (Fsp3) is 0.819. The third kappa shape index (κ3) is 63.9. The molecule has 0 aromatic carbocycles. The minimum Gasteiger partial charge on any atom is -0.462 e. The van der Waals surface area contributed by atoms with Gasteiger partial charge in [0.05, 0.1) is 0 Å². The zero-order chi connectivity index (χ0) is 56.4. The third-order valence-electron chi connectivity index (χ3n) is 15.2. The maximum atomic E-state index is 12.9. The highest BCUT2D eigenvalue weighted by Crippen LogP contribution is 2.17. The highest BCUT2D eigenvalue weighted by atomic mass is 16.6. The fourth-order valence-corrected chi connectivity index (χ4v) is 10.0. The number of unbranched alkanes of at least 4 members (excludes halogenated alkanes) is 42. The van der Waals surface area contributed by atoms with Crippen LogP contribution in [0.4, 0.5) is 0 Å². The Morgan fingerprint density at radius 3 is 0.744 bits per heavy atom. The van der Waals surface area contributed by atoms with Gasteiger partial charge in [0, 0.05) is 19.3 Å². The molecule has 0 spiro atoms. The van der Waals surface area contributed by atoms with Crippen LogP contribution in [0.15, 0.2) is 60.8 Å². The fourth-order valence-electron chi connectivity index (χ4n) is 10.0. The Morgan fingerprint density at radius 1 is 0.256 bits per heavy atom. The molecule has 78 heavy (non-hydrogen) atoms. The Bertz CT molecular complexity index is 1390. The third-order valence-corrected chi connectivity index (χ3v) is 15.2. The smallest absolute Gasteiger partial charge is 0.306 e. The van der Waals surface area contributed by atoms with Crippen molar-refractivity contribution in [2.24, 2.45) is 0 Å². The molecule has 454 valence electrons. The number of carbonyl (C=O) groups is 3. The van der Waals surface area contributed by atoms with Crippen LogP contribution < -0.4 is 0 Å². The molecule has 1 atom stereocenters. The summed E-state index contributed by atoms with van der Waals surface area (Å²) in [5.74, 6) is -0.876. The number of allylic oxidation sites excluding steroid dienone is 10. The minimum absolute atomic E-state index is 0.0765. The molecular weight excluding hydrogens is 961 g/mol. The second-order valence-corrected chi connectivity index (χ2v) is 23.1. The number of ether oxygens (including phenoxy) is 3. The molecule has 0 saturated heterocycles. The molecule has 0 heterocycles. The first-order valence-electron chi connectivity index (χ1n) is 34.3. The summed E-state index contributed by atoms with van der Waals surface area (Å²) >= 11 is 0. The standard InChI is InChI=1S/C72H130O6/c1-4-7-10-13-16-19-22-25-27-28-29-30-31-32-33-34-35-36-37-38-39-40-41-42-43-44-45-48-50-53-56-59-62-65-71(74)77-68-69(67-76-70(73)64-61-58-55-52-49-46-24-21-18-15-12-9-6-3)78-72(75)66-63-60-57-54-51-47-26-23-20-17-14-11-8-5-2/h21-26,28-29,31-32,69H,4-20,27,30,33-68H2,1-3H3/b24-21-,25-22-,26-23-,29-28-,32-31-. The molecule has 0 aliphatic heterocycles. The molecule has 0 aliphatic carbocycles. The van der Waals surface area contributed by atoms with Gasteiger partial charge in [-0.2, -0.15) is 0 Å². The molecule has 0 aliphatic rings. The summed E-state index contributed by atoms with van der Waals surface area (Å²) in [7, 11) is 0. The molecule has 0 aromatic rings. The largest absolute Gasteiger partial charge is 0.462 e.